The van der Waals surface area contributed by atoms with Gasteiger partial charge in [0, 0.05) is 23.9 Å². The third-order valence-electron chi connectivity index (χ3n) is 4.23. The molecule has 6 nitrogen and oxygen atoms in total. The Balaban J connectivity index is 2.08. The van der Waals surface area contributed by atoms with Crippen LogP contribution in [0.5, 0.6) is 5.75 Å². The molecule has 0 aromatic heterocycles. The van der Waals surface area contributed by atoms with Crippen LogP contribution in [-0.2, 0) is 9.53 Å². The van der Waals surface area contributed by atoms with Gasteiger partial charge >= 0.3 is 11.9 Å². The van der Waals surface area contributed by atoms with Crippen molar-refractivity contribution in [2.75, 3.05) is 17.2 Å². The zero-order chi connectivity index (χ0) is 21.3. The summed E-state index contributed by atoms with van der Waals surface area (Å²) in [6, 6.07) is 22.1. The molecular weight excluding hydrogens is 380 g/mol. The normalized spacial score (nSPS) is 10.2. The van der Waals surface area contributed by atoms with E-state index >= 15 is 0 Å². The molecule has 3 aromatic rings. The highest BCUT2D eigenvalue weighted by Gasteiger charge is 2.19. The highest BCUT2D eigenvalue weighted by Crippen LogP contribution is 2.36. The van der Waals surface area contributed by atoms with Gasteiger partial charge in [-0.1, -0.05) is 43.3 Å². The van der Waals surface area contributed by atoms with Crippen LogP contribution in [-0.4, -0.2) is 18.5 Å². The summed E-state index contributed by atoms with van der Waals surface area (Å²) >= 11 is 0. The standard InChI is InChI=1S/C24H24N2O4/c1-3-23(27)30-22-16-20(25-17-11-7-5-8-12-17)19(24(28)29-4-2)15-21(22)26-18-13-9-6-10-14-18/h5-16,25-26H,3-4H2,1-2H3. The molecule has 0 fully saturated rings. The lowest BCUT2D eigenvalue weighted by Gasteiger charge is -2.18. The predicted octanol–water partition coefficient (Wildman–Crippen LogP) is 5.67. The second kappa shape index (κ2) is 10.1. The van der Waals surface area contributed by atoms with Crippen molar-refractivity contribution in [2.24, 2.45) is 0 Å². The van der Waals surface area contributed by atoms with E-state index in [1.165, 1.54) is 0 Å². The highest BCUT2D eigenvalue weighted by atomic mass is 16.5. The molecule has 0 amide bonds. The number of nitrogens with one attached hydrogen (secondary N) is 2. The van der Waals surface area contributed by atoms with Crippen molar-refractivity contribution in [3.8, 4) is 5.75 Å². The second-order valence-electron chi connectivity index (χ2n) is 6.42. The fourth-order valence-electron chi connectivity index (χ4n) is 2.79. The van der Waals surface area contributed by atoms with Gasteiger partial charge in [0.1, 0.15) is 0 Å². The van der Waals surface area contributed by atoms with E-state index < -0.39 is 5.97 Å². The number of rotatable bonds is 8. The molecule has 0 aliphatic rings. The largest absolute Gasteiger partial charge is 0.462 e. The Bertz CT molecular complexity index is 1000. The van der Waals surface area contributed by atoms with Crippen LogP contribution >= 0.6 is 0 Å². The summed E-state index contributed by atoms with van der Waals surface area (Å²) in [6.45, 7) is 3.73. The molecule has 0 bridgehead atoms. The number of esters is 2. The van der Waals surface area contributed by atoms with Crippen molar-refractivity contribution in [3.63, 3.8) is 0 Å². The number of benzene rings is 3. The fraction of sp³-hybridized carbons (Fsp3) is 0.167. The quantitative estimate of drug-likeness (QED) is 0.372. The van der Waals surface area contributed by atoms with Crippen LogP contribution < -0.4 is 15.4 Å². The summed E-state index contributed by atoms with van der Waals surface area (Å²) in [7, 11) is 0. The predicted molar refractivity (Wildman–Crippen MR) is 118 cm³/mol. The van der Waals surface area contributed by atoms with Crippen molar-refractivity contribution in [3.05, 3.63) is 78.4 Å². The van der Waals surface area contributed by atoms with Gasteiger partial charge < -0.3 is 20.1 Å². The Kier molecular flexibility index (Phi) is 7.05. The van der Waals surface area contributed by atoms with Crippen LogP contribution in [0.15, 0.2) is 72.8 Å². The van der Waals surface area contributed by atoms with Gasteiger partial charge in [0.25, 0.3) is 0 Å². The van der Waals surface area contributed by atoms with Crippen LogP contribution in [0.2, 0.25) is 0 Å². The number of carbonyl (C=O) groups is 2. The lowest BCUT2D eigenvalue weighted by atomic mass is 10.1. The van der Waals surface area contributed by atoms with Crippen LogP contribution in [0.4, 0.5) is 22.7 Å². The van der Waals surface area contributed by atoms with Gasteiger partial charge in [-0.2, -0.15) is 0 Å². The van der Waals surface area contributed by atoms with Crippen molar-refractivity contribution in [1.82, 2.24) is 0 Å². The maximum Gasteiger partial charge on any atom is 0.340 e. The SMILES string of the molecule is CCOC(=O)c1cc(Nc2ccccc2)c(OC(=O)CC)cc1Nc1ccccc1. The molecule has 0 saturated carbocycles. The zero-order valence-corrected chi connectivity index (χ0v) is 17.0. The average molecular weight is 404 g/mol. The maximum absolute atomic E-state index is 12.7. The minimum absolute atomic E-state index is 0.228. The topological polar surface area (TPSA) is 76.7 Å². The molecule has 0 saturated heterocycles. The van der Waals surface area contributed by atoms with E-state index in [4.69, 9.17) is 9.47 Å². The van der Waals surface area contributed by atoms with Crippen LogP contribution in [0, 0.1) is 0 Å². The molecule has 154 valence electrons. The first kappa shape index (κ1) is 20.9. The molecule has 0 spiro atoms. The maximum atomic E-state index is 12.7. The first-order valence-corrected chi connectivity index (χ1v) is 9.80. The van der Waals surface area contributed by atoms with E-state index in [2.05, 4.69) is 10.6 Å². The van der Waals surface area contributed by atoms with E-state index in [0.29, 0.717) is 22.7 Å². The molecule has 0 unspecified atom stereocenters. The first-order chi connectivity index (χ1) is 14.6. The van der Waals surface area contributed by atoms with Gasteiger partial charge in [-0.3, -0.25) is 4.79 Å². The molecular formula is C24H24N2O4. The molecule has 0 aliphatic heterocycles. The van der Waals surface area contributed by atoms with Gasteiger partial charge in [-0.15, -0.1) is 0 Å². The highest BCUT2D eigenvalue weighted by molar-refractivity contribution is 5.99. The van der Waals surface area contributed by atoms with Crippen molar-refractivity contribution in [1.29, 1.82) is 0 Å². The molecule has 6 heteroatoms. The molecule has 0 atom stereocenters. The van der Waals surface area contributed by atoms with Crippen LogP contribution in [0.25, 0.3) is 0 Å². The number of para-hydroxylation sites is 2. The third-order valence-corrected chi connectivity index (χ3v) is 4.23. The van der Waals surface area contributed by atoms with Gasteiger partial charge in [0.2, 0.25) is 0 Å². The Labute approximate surface area is 175 Å². The molecule has 3 aromatic carbocycles. The summed E-state index contributed by atoms with van der Waals surface area (Å²) < 4.78 is 10.8. The summed E-state index contributed by atoms with van der Waals surface area (Å²) in [6.07, 6.45) is 0.228. The fourth-order valence-corrected chi connectivity index (χ4v) is 2.79. The molecule has 0 aliphatic carbocycles. The summed E-state index contributed by atoms with van der Waals surface area (Å²) in [4.78, 5) is 24.7. The zero-order valence-electron chi connectivity index (χ0n) is 17.0. The van der Waals surface area contributed by atoms with Gasteiger partial charge in [0.05, 0.1) is 23.5 Å². The summed E-state index contributed by atoms with van der Waals surface area (Å²) in [5, 5.41) is 6.43. The third kappa shape index (κ3) is 5.38. The van der Waals surface area contributed by atoms with Gasteiger partial charge in [0.15, 0.2) is 5.75 Å². The lowest BCUT2D eigenvalue weighted by Crippen LogP contribution is -2.12. The first-order valence-electron chi connectivity index (χ1n) is 9.80. The molecule has 30 heavy (non-hydrogen) atoms. The van der Waals surface area contributed by atoms with E-state index in [1.807, 2.05) is 60.7 Å². The minimum atomic E-state index is -0.472. The number of anilines is 4. The van der Waals surface area contributed by atoms with Gasteiger partial charge in [-0.05, 0) is 37.3 Å². The monoisotopic (exact) mass is 404 g/mol. The van der Waals surface area contributed by atoms with E-state index in [-0.39, 0.29) is 19.0 Å². The second-order valence-corrected chi connectivity index (χ2v) is 6.42. The molecule has 0 radical (unpaired) electrons. The van der Waals surface area contributed by atoms with Crippen molar-refractivity contribution < 1.29 is 19.1 Å². The van der Waals surface area contributed by atoms with Gasteiger partial charge in [-0.25, -0.2) is 4.79 Å². The number of ether oxygens (including phenoxy) is 2. The smallest absolute Gasteiger partial charge is 0.340 e. The Morgan fingerprint density at radius 1 is 0.800 bits per heavy atom. The van der Waals surface area contributed by atoms with E-state index in [0.717, 1.165) is 11.4 Å². The minimum Gasteiger partial charge on any atom is -0.462 e. The Morgan fingerprint density at radius 3 is 1.90 bits per heavy atom. The summed E-state index contributed by atoms with van der Waals surface area (Å²) in [5.41, 5.74) is 2.89. The van der Waals surface area contributed by atoms with E-state index in [9.17, 15) is 9.59 Å². The van der Waals surface area contributed by atoms with E-state index in [1.54, 1.807) is 26.0 Å². The molecule has 2 N–H and O–H groups in total. The van der Waals surface area contributed by atoms with Crippen molar-refractivity contribution in [2.45, 2.75) is 20.3 Å². The Morgan fingerprint density at radius 2 is 1.37 bits per heavy atom. The summed E-state index contributed by atoms with van der Waals surface area (Å²) in [5.74, 6) is -0.529. The number of hydrogen-bond acceptors (Lipinski definition) is 6. The number of carbonyl (C=O) groups excluding carboxylic acids is 2. The number of hydrogen-bond donors (Lipinski definition) is 2. The van der Waals surface area contributed by atoms with Crippen LogP contribution in [0.1, 0.15) is 30.6 Å². The Hall–Kier alpha value is -3.80. The lowest BCUT2D eigenvalue weighted by molar-refractivity contribution is -0.133. The molecule has 3 rings (SSSR count). The molecule has 0 heterocycles. The van der Waals surface area contributed by atoms with Crippen LogP contribution in [0.3, 0.4) is 0 Å². The average Bonchev–Trinajstić information content (AvgIpc) is 2.77. The van der Waals surface area contributed by atoms with Crippen molar-refractivity contribution >= 4 is 34.7 Å².